The molecule has 0 radical (unpaired) electrons. The van der Waals surface area contributed by atoms with Crippen LogP contribution in [0.15, 0.2) is 11.4 Å². The first-order valence-electron chi connectivity index (χ1n) is 5.71. The SMILES string of the molecule is COCCCS(=O)(=O)NCc1sccc1C#CCO. The van der Waals surface area contributed by atoms with E-state index in [9.17, 15) is 8.42 Å². The molecule has 1 rings (SSSR count). The number of nitrogens with one attached hydrogen (secondary N) is 1. The third kappa shape index (κ3) is 6.18. The van der Waals surface area contributed by atoms with Gasteiger partial charge in [-0.25, -0.2) is 13.1 Å². The molecule has 0 fully saturated rings. The number of sulfonamides is 1. The number of methoxy groups -OCH3 is 1. The fraction of sp³-hybridized carbons (Fsp3) is 0.500. The van der Waals surface area contributed by atoms with Crippen LogP contribution in [0, 0.1) is 11.8 Å². The van der Waals surface area contributed by atoms with Crippen molar-refractivity contribution < 1.29 is 18.3 Å². The van der Waals surface area contributed by atoms with Gasteiger partial charge in [0, 0.05) is 30.7 Å². The van der Waals surface area contributed by atoms with Crippen molar-refractivity contribution in [3.63, 3.8) is 0 Å². The Morgan fingerprint density at radius 2 is 2.32 bits per heavy atom. The lowest BCUT2D eigenvalue weighted by Crippen LogP contribution is -2.26. The van der Waals surface area contributed by atoms with Crippen molar-refractivity contribution in [2.24, 2.45) is 0 Å². The molecule has 0 saturated carbocycles. The van der Waals surface area contributed by atoms with Crippen LogP contribution in [-0.2, 0) is 21.3 Å². The molecular weight excluding hydrogens is 286 g/mol. The van der Waals surface area contributed by atoms with E-state index in [1.54, 1.807) is 0 Å². The Morgan fingerprint density at radius 3 is 3.00 bits per heavy atom. The van der Waals surface area contributed by atoms with Crippen LogP contribution in [-0.4, -0.2) is 39.6 Å². The lowest BCUT2D eigenvalue weighted by atomic mass is 10.2. The molecule has 0 aliphatic heterocycles. The average Bonchev–Trinajstić information content (AvgIpc) is 2.82. The van der Waals surface area contributed by atoms with Crippen LogP contribution in [0.4, 0.5) is 0 Å². The molecule has 1 aromatic heterocycles. The van der Waals surface area contributed by atoms with Crippen molar-refractivity contribution in [2.75, 3.05) is 26.1 Å². The van der Waals surface area contributed by atoms with Gasteiger partial charge in [-0.15, -0.1) is 11.3 Å². The maximum absolute atomic E-state index is 11.7. The molecule has 19 heavy (non-hydrogen) atoms. The smallest absolute Gasteiger partial charge is 0.212 e. The van der Waals surface area contributed by atoms with Crippen molar-refractivity contribution in [1.29, 1.82) is 0 Å². The van der Waals surface area contributed by atoms with Gasteiger partial charge in [0.1, 0.15) is 6.61 Å². The van der Waals surface area contributed by atoms with E-state index >= 15 is 0 Å². The summed E-state index contributed by atoms with van der Waals surface area (Å²) in [5.41, 5.74) is 0.749. The predicted octanol–water partition coefficient (Wildman–Crippen LogP) is 0.548. The molecule has 0 aliphatic rings. The summed E-state index contributed by atoms with van der Waals surface area (Å²) in [5, 5.41) is 10.5. The Hall–Kier alpha value is -0.910. The van der Waals surface area contributed by atoms with Crippen molar-refractivity contribution in [3.05, 3.63) is 21.9 Å². The van der Waals surface area contributed by atoms with Crippen molar-refractivity contribution in [1.82, 2.24) is 4.72 Å². The summed E-state index contributed by atoms with van der Waals surface area (Å²) in [7, 11) is -1.75. The molecule has 0 spiro atoms. The number of aliphatic hydroxyl groups excluding tert-OH is 1. The molecular formula is C12H17NO4S2. The number of hydrogen-bond donors (Lipinski definition) is 2. The predicted molar refractivity (Wildman–Crippen MR) is 75.4 cm³/mol. The highest BCUT2D eigenvalue weighted by Crippen LogP contribution is 2.15. The fourth-order valence-electron chi connectivity index (χ4n) is 1.36. The van der Waals surface area contributed by atoms with E-state index in [1.165, 1.54) is 18.4 Å². The molecule has 0 bridgehead atoms. The van der Waals surface area contributed by atoms with Crippen molar-refractivity contribution in [3.8, 4) is 11.8 Å². The third-order valence-electron chi connectivity index (χ3n) is 2.26. The van der Waals surface area contributed by atoms with Gasteiger partial charge in [0.15, 0.2) is 0 Å². The monoisotopic (exact) mass is 303 g/mol. The van der Waals surface area contributed by atoms with Gasteiger partial charge < -0.3 is 9.84 Å². The largest absolute Gasteiger partial charge is 0.385 e. The maximum Gasteiger partial charge on any atom is 0.212 e. The topological polar surface area (TPSA) is 75.6 Å². The molecule has 106 valence electrons. The van der Waals surface area contributed by atoms with Gasteiger partial charge in [0.2, 0.25) is 10.0 Å². The van der Waals surface area contributed by atoms with E-state index in [0.717, 1.165) is 10.4 Å². The molecule has 0 aliphatic carbocycles. The van der Waals surface area contributed by atoms with Crippen LogP contribution < -0.4 is 4.72 Å². The Bertz CT molecular complexity index is 540. The Morgan fingerprint density at radius 1 is 1.53 bits per heavy atom. The molecule has 0 unspecified atom stereocenters. The number of rotatable bonds is 7. The van der Waals surface area contributed by atoms with Crippen LogP contribution >= 0.6 is 11.3 Å². The number of aliphatic hydroxyl groups is 1. The van der Waals surface area contributed by atoms with Crippen LogP contribution in [0.25, 0.3) is 0 Å². The summed E-state index contributed by atoms with van der Waals surface area (Å²) in [6.07, 6.45) is 0.466. The molecule has 0 atom stereocenters. The van der Waals surface area contributed by atoms with Crippen molar-refractivity contribution in [2.45, 2.75) is 13.0 Å². The minimum atomic E-state index is -3.29. The number of thiophene rings is 1. The van der Waals surface area contributed by atoms with E-state index in [0.29, 0.717) is 13.0 Å². The normalized spacial score (nSPS) is 11.1. The third-order valence-corrected chi connectivity index (χ3v) is 4.59. The summed E-state index contributed by atoms with van der Waals surface area (Å²) in [6.45, 7) is 0.438. The second kappa shape index (κ2) is 8.30. The molecule has 7 heteroatoms. The summed E-state index contributed by atoms with van der Waals surface area (Å²) >= 11 is 1.43. The Kier molecular flexibility index (Phi) is 7.05. The van der Waals surface area contributed by atoms with Crippen LogP contribution in [0.3, 0.4) is 0 Å². The zero-order chi connectivity index (χ0) is 14.1. The minimum absolute atomic E-state index is 0.0455. The summed E-state index contributed by atoms with van der Waals surface area (Å²) in [6, 6.07) is 1.81. The first kappa shape index (κ1) is 16.1. The maximum atomic E-state index is 11.7. The highest BCUT2D eigenvalue weighted by molar-refractivity contribution is 7.89. The van der Waals surface area contributed by atoms with E-state index in [1.807, 2.05) is 11.4 Å². The summed E-state index contributed by atoms with van der Waals surface area (Å²) < 4.78 is 30.7. The van der Waals surface area contributed by atoms with Crippen LogP contribution in [0.1, 0.15) is 16.9 Å². The lowest BCUT2D eigenvalue weighted by Gasteiger charge is -2.05. The van der Waals surface area contributed by atoms with Gasteiger partial charge in [-0.3, -0.25) is 0 Å². The molecule has 2 N–H and O–H groups in total. The summed E-state index contributed by atoms with van der Waals surface area (Å²) in [5.74, 6) is 5.38. The van der Waals surface area contributed by atoms with Gasteiger partial charge in [0.25, 0.3) is 0 Å². The average molecular weight is 303 g/mol. The van der Waals surface area contributed by atoms with E-state index in [2.05, 4.69) is 16.6 Å². The highest BCUT2D eigenvalue weighted by Gasteiger charge is 2.11. The van der Waals surface area contributed by atoms with Gasteiger partial charge in [-0.2, -0.15) is 0 Å². The summed E-state index contributed by atoms with van der Waals surface area (Å²) in [4.78, 5) is 0.844. The zero-order valence-electron chi connectivity index (χ0n) is 10.7. The first-order chi connectivity index (χ1) is 9.09. The minimum Gasteiger partial charge on any atom is -0.385 e. The van der Waals surface area contributed by atoms with Crippen molar-refractivity contribution >= 4 is 21.4 Å². The van der Waals surface area contributed by atoms with E-state index in [-0.39, 0.29) is 18.9 Å². The Labute approximate surface area is 117 Å². The molecule has 5 nitrogen and oxygen atoms in total. The highest BCUT2D eigenvalue weighted by atomic mass is 32.2. The quantitative estimate of drug-likeness (QED) is 0.570. The van der Waals surface area contributed by atoms with Crippen LogP contribution in [0.5, 0.6) is 0 Å². The molecule has 1 heterocycles. The van der Waals surface area contributed by atoms with Gasteiger partial charge in [-0.05, 0) is 17.9 Å². The Balaban J connectivity index is 2.54. The number of ether oxygens (including phenoxy) is 1. The van der Waals surface area contributed by atoms with Gasteiger partial charge in [-0.1, -0.05) is 11.8 Å². The lowest BCUT2D eigenvalue weighted by molar-refractivity contribution is 0.199. The fourth-order valence-corrected chi connectivity index (χ4v) is 3.23. The molecule has 0 saturated heterocycles. The zero-order valence-corrected chi connectivity index (χ0v) is 12.3. The number of hydrogen-bond acceptors (Lipinski definition) is 5. The molecule has 0 aromatic carbocycles. The van der Waals surface area contributed by atoms with E-state index in [4.69, 9.17) is 9.84 Å². The molecule has 1 aromatic rings. The van der Waals surface area contributed by atoms with E-state index < -0.39 is 10.0 Å². The second-order valence-corrected chi connectivity index (χ2v) is 6.63. The molecule has 0 amide bonds. The van der Waals surface area contributed by atoms with Gasteiger partial charge in [0.05, 0.1) is 5.75 Å². The first-order valence-corrected chi connectivity index (χ1v) is 8.24. The van der Waals surface area contributed by atoms with Gasteiger partial charge >= 0.3 is 0 Å². The van der Waals surface area contributed by atoms with Crippen LogP contribution in [0.2, 0.25) is 0 Å². The second-order valence-electron chi connectivity index (χ2n) is 3.70. The standard InChI is InChI=1S/C12H17NO4S2/c1-17-7-3-9-19(15,16)13-10-12-11(4-2-6-14)5-8-18-12/h5,8,13-14H,3,6-7,9-10H2,1H3.